The van der Waals surface area contributed by atoms with E-state index in [0.29, 0.717) is 20.4 Å². The molecule has 40 heavy (non-hydrogen) atoms. The first kappa shape index (κ1) is 32.0. The molecule has 2 nitrogen and oxygen atoms in total. The average Bonchev–Trinajstić information content (AvgIpc) is 2.89. The standard InChI is InChI=1S/C19H18ClF3OS.C12H14ClIO/c1-18(13-5-7-15(20)8-6-13)12-17(9-10-24-18)25-16-4-2-3-14(11-16)19(21,22)23;1-12(8-11(14)6-7-15-12)9-2-4-10(13)5-3-9/h2-8,11,17H,9-10,12H2,1H3;2-5,11H,6-8H2,1H3. The molecule has 0 bridgehead atoms. The zero-order valence-corrected chi connectivity index (χ0v) is 26.8. The van der Waals surface area contributed by atoms with Gasteiger partial charge in [0.2, 0.25) is 0 Å². The van der Waals surface area contributed by atoms with E-state index in [9.17, 15) is 13.2 Å². The van der Waals surface area contributed by atoms with Crippen molar-refractivity contribution in [1.29, 1.82) is 0 Å². The topological polar surface area (TPSA) is 18.5 Å². The third kappa shape index (κ3) is 8.54. The summed E-state index contributed by atoms with van der Waals surface area (Å²) in [5.41, 5.74) is 1.07. The monoisotopic (exact) mass is 722 g/mol. The maximum atomic E-state index is 12.9. The van der Waals surface area contributed by atoms with Crippen LogP contribution >= 0.6 is 57.6 Å². The SMILES string of the molecule is CC1(c2ccc(Cl)cc2)CC(I)CCO1.CC1(c2ccc(Cl)cc2)CC(Sc2cccc(C(F)(F)F)c2)CCO1. The van der Waals surface area contributed by atoms with Gasteiger partial charge in [0.1, 0.15) is 0 Å². The van der Waals surface area contributed by atoms with Gasteiger partial charge in [0.05, 0.1) is 16.8 Å². The minimum absolute atomic E-state index is 0.130. The average molecular weight is 723 g/mol. The van der Waals surface area contributed by atoms with E-state index in [-0.39, 0.29) is 10.9 Å². The van der Waals surface area contributed by atoms with E-state index in [1.54, 1.807) is 6.07 Å². The van der Waals surface area contributed by atoms with Crippen LogP contribution in [-0.4, -0.2) is 22.4 Å². The molecule has 0 aliphatic carbocycles. The van der Waals surface area contributed by atoms with Crippen molar-refractivity contribution in [3.8, 4) is 0 Å². The van der Waals surface area contributed by atoms with Crippen LogP contribution in [-0.2, 0) is 26.9 Å². The number of halogens is 6. The van der Waals surface area contributed by atoms with Crippen molar-refractivity contribution >= 4 is 57.6 Å². The van der Waals surface area contributed by atoms with E-state index in [4.69, 9.17) is 32.7 Å². The lowest BCUT2D eigenvalue weighted by Gasteiger charge is -2.38. The summed E-state index contributed by atoms with van der Waals surface area (Å²) in [6.45, 7) is 5.62. The molecule has 9 heteroatoms. The third-order valence-electron chi connectivity index (χ3n) is 7.31. The van der Waals surface area contributed by atoms with Crippen molar-refractivity contribution in [3.63, 3.8) is 0 Å². The molecular weight excluding hydrogens is 691 g/mol. The highest BCUT2D eigenvalue weighted by Gasteiger charge is 2.36. The minimum Gasteiger partial charge on any atom is -0.371 e. The van der Waals surface area contributed by atoms with Crippen LogP contribution in [0, 0.1) is 0 Å². The fourth-order valence-corrected chi connectivity index (χ4v) is 7.75. The molecule has 2 fully saturated rings. The summed E-state index contributed by atoms with van der Waals surface area (Å²) in [5, 5.41) is 1.64. The van der Waals surface area contributed by atoms with Gasteiger partial charge < -0.3 is 9.47 Å². The Morgan fingerprint density at radius 2 is 1.32 bits per heavy atom. The predicted molar refractivity (Wildman–Crippen MR) is 167 cm³/mol. The van der Waals surface area contributed by atoms with E-state index in [1.807, 2.05) is 43.3 Å². The lowest BCUT2D eigenvalue weighted by molar-refractivity contribution is -0.137. The van der Waals surface area contributed by atoms with Crippen LogP contribution in [0.5, 0.6) is 0 Å². The molecule has 5 rings (SSSR count). The van der Waals surface area contributed by atoms with Crippen LogP contribution in [0.1, 0.15) is 56.2 Å². The van der Waals surface area contributed by atoms with E-state index in [0.717, 1.165) is 48.9 Å². The Kier molecular flexibility index (Phi) is 10.8. The smallest absolute Gasteiger partial charge is 0.371 e. The van der Waals surface area contributed by atoms with Crippen LogP contribution in [0.15, 0.2) is 77.7 Å². The Hall–Kier alpha value is -0.970. The molecule has 3 aromatic carbocycles. The van der Waals surface area contributed by atoms with Gasteiger partial charge in [-0.3, -0.25) is 0 Å². The highest BCUT2D eigenvalue weighted by Crippen LogP contribution is 2.42. The molecule has 0 radical (unpaired) electrons. The van der Waals surface area contributed by atoms with Gasteiger partial charge in [0, 0.05) is 37.3 Å². The summed E-state index contributed by atoms with van der Waals surface area (Å²) in [6, 6.07) is 21.1. The summed E-state index contributed by atoms with van der Waals surface area (Å²) < 4.78 is 51.3. The lowest BCUT2D eigenvalue weighted by atomic mass is 9.88. The molecule has 2 saturated heterocycles. The number of thioether (sulfide) groups is 1. The van der Waals surface area contributed by atoms with E-state index >= 15 is 0 Å². The molecular formula is C31H32Cl2F3IO2S. The fourth-order valence-electron chi connectivity index (χ4n) is 5.05. The van der Waals surface area contributed by atoms with Crippen LogP contribution in [0.4, 0.5) is 13.2 Å². The quantitative estimate of drug-likeness (QED) is 0.197. The molecule has 4 atom stereocenters. The largest absolute Gasteiger partial charge is 0.416 e. The molecule has 3 aromatic rings. The highest BCUT2D eigenvalue weighted by molar-refractivity contribution is 14.1. The second kappa shape index (κ2) is 13.6. The van der Waals surface area contributed by atoms with Crippen LogP contribution in [0.3, 0.4) is 0 Å². The number of ether oxygens (including phenoxy) is 2. The molecule has 0 saturated carbocycles. The molecule has 4 unspecified atom stereocenters. The molecule has 2 aliphatic rings. The first-order valence-corrected chi connectivity index (χ1v) is 16.0. The molecule has 0 N–H and O–H groups in total. The van der Waals surface area contributed by atoms with E-state index < -0.39 is 17.3 Å². The van der Waals surface area contributed by atoms with Crippen LogP contribution in [0.2, 0.25) is 10.0 Å². The highest BCUT2D eigenvalue weighted by atomic mass is 127. The number of benzene rings is 3. The van der Waals surface area contributed by atoms with Gasteiger partial charge in [0.15, 0.2) is 0 Å². The molecule has 2 aliphatic heterocycles. The lowest BCUT2D eigenvalue weighted by Crippen LogP contribution is -2.35. The fraction of sp³-hybridized carbons (Fsp3) is 0.419. The second-order valence-corrected chi connectivity index (χ2v) is 14.5. The zero-order valence-electron chi connectivity index (χ0n) is 22.3. The van der Waals surface area contributed by atoms with Crippen molar-refractivity contribution in [2.24, 2.45) is 0 Å². The van der Waals surface area contributed by atoms with Gasteiger partial charge in [-0.1, -0.05) is 76.1 Å². The van der Waals surface area contributed by atoms with Gasteiger partial charge >= 0.3 is 6.18 Å². The Balaban J connectivity index is 0.000000210. The van der Waals surface area contributed by atoms with Gasteiger partial charge in [-0.15, -0.1) is 11.8 Å². The van der Waals surface area contributed by atoms with Crippen molar-refractivity contribution in [2.45, 2.75) is 71.0 Å². The normalized spacial score (nSPS) is 27.0. The second-order valence-electron chi connectivity index (χ2n) is 10.5. The van der Waals surface area contributed by atoms with E-state index in [2.05, 4.69) is 41.6 Å². The third-order valence-corrected chi connectivity index (χ3v) is 10.1. The Morgan fingerprint density at radius 3 is 1.85 bits per heavy atom. The molecule has 0 spiro atoms. The van der Waals surface area contributed by atoms with Crippen molar-refractivity contribution < 1.29 is 22.6 Å². The Labute approximate surface area is 262 Å². The zero-order chi connectivity index (χ0) is 29.0. The van der Waals surface area contributed by atoms with Crippen LogP contribution < -0.4 is 0 Å². The Bertz CT molecular complexity index is 1260. The molecule has 216 valence electrons. The van der Waals surface area contributed by atoms with Gasteiger partial charge in [-0.2, -0.15) is 13.2 Å². The van der Waals surface area contributed by atoms with Gasteiger partial charge in [0.25, 0.3) is 0 Å². The van der Waals surface area contributed by atoms with Crippen molar-refractivity contribution in [1.82, 2.24) is 0 Å². The molecule has 2 heterocycles. The molecule has 0 amide bonds. The maximum absolute atomic E-state index is 12.9. The van der Waals surface area contributed by atoms with Crippen molar-refractivity contribution in [3.05, 3.63) is 99.5 Å². The summed E-state index contributed by atoms with van der Waals surface area (Å²) in [5.74, 6) is 0. The number of rotatable bonds is 4. The minimum atomic E-state index is -4.32. The first-order chi connectivity index (χ1) is 18.9. The molecule has 0 aromatic heterocycles. The van der Waals surface area contributed by atoms with E-state index in [1.165, 1.54) is 29.5 Å². The summed E-state index contributed by atoms with van der Waals surface area (Å²) >= 11 is 15.8. The summed E-state index contributed by atoms with van der Waals surface area (Å²) in [7, 11) is 0. The van der Waals surface area contributed by atoms with Gasteiger partial charge in [-0.05, 0) is 93.1 Å². The Morgan fingerprint density at radius 1 is 0.800 bits per heavy atom. The first-order valence-electron chi connectivity index (χ1n) is 13.1. The number of alkyl halides is 4. The number of hydrogen-bond donors (Lipinski definition) is 0. The summed E-state index contributed by atoms with van der Waals surface area (Å²) in [6.07, 6.45) is -0.539. The predicted octanol–water partition coefficient (Wildman–Crippen LogP) is 10.7. The number of hydrogen-bond acceptors (Lipinski definition) is 3. The summed E-state index contributed by atoms with van der Waals surface area (Å²) in [4.78, 5) is 0.639. The maximum Gasteiger partial charge on any atom is 0.416 e. The van der Waals surface area contributed by atoms with Crippen molar-refractivity contribution in [2.75, 3.05) is 13.2 Å². The van der Waals surface area contributed by atoms with Crippen LogP contribution in [0.25, 0.3) is 0 Å². The van der Waals surface area contributed by atoms with Gasteiger partial charge in [-0.25, -0.2) is 0 Å².